The monoisotopic (exact) mass is 305 g/mol. The molecule has 1 aromatic carbocycles. The molecule has 1 heterocycles. The zero-order valence-electron chi connectivity index (χ0n) is 11.7. The molecule has 1 aromatic heterocycles. The number of nitrogens with one attached hydrogen (secondary N) is 1. The van der Waals surface area contributed by atoms with Crippen LogP contribution in [-0.2, 0) is 6.54 Å². The topological polar surface area (TPSA) is 82.5 Å². The third-order valence-electron chi connectivity index (χ3n) is 2.82. The van der Waals surface area contributed by atoms with Gasteiger partial charge in [0.05, 0.1) is 6.54 Å². The van der Waals surface area contributed by atoms with E-state index in [2.05, 4.69) is 10.3 Å². The van der Waals surface area contributed by atoms with Gasteiger partial charge in [-0.15, -0.1) is 11.3 Å². The highest BCUT2D eigenvalue weighted by atomic mass is 32.1. The molecule has 2 aromatic rings. The molecule has 0 atom stereocenters. The number of carboxylic acid groups (broad SMARTS) is 1. The fourth-order valence-electron chi connectivity index (χ4n) is 1.66. The summed E-state index contributed by atoms with van der Waals surface area (Å²) >= 11 is 1.21. The van der Waals surface area contributed by atoms with Crippen LogP contribution in [0, 0.1) is 0 Å². The van der Waals surface area contributed by atoms with Crippen LogP contribution in [0.25, 0.3) is 0 Å². The molecule has 0 bridgehead atoms. The van der Waals surface area contributed by atoms with E-state index in [0.29, 0.717) is 10.6 Å². The quantitative estimate of drug-likeness (QED) is 0.880. The maximum absolute atomic E-state index is 12.0. The van der Waals surface area contributed by atoms with Crippen LogP contribution >= 0.6 is 11.3 Å². The highest BCUT2D eigenvalue weighted by Gasteiger charge is 2.10. The average Bonchev–Trinajstić information content (AvgIpc) is 2.94. The number of hydrogen-bond donors (Lipinski definition) is 2. The van der Waals surface area contributed by atoms with Gasteiger partial charge in [-0.3, -0.25) is 4.79 Å². The highest BCUT2D eigenvalue weighted by Crippen LogP contribution is 2.13. The largest absolute Gasteiger partial charge is 0.476 e. The van der Waals surface area contributed by atoms with Crippen LogP contribution < -0.4 is 10.2 Å². The van der Waals surface area contributed by atoms with Crippen molar-refractivity contribution in [3.8, 4) is 0 Å². The minimum absolute atomic E-state index is 0.000384. The van der Waals surface area contributed by atoms with Crippen molar-refractivity contribution >= 4 is 28.9 Å². The first-order chi connectivity index (χ1) is 9.97. The lowest BCUT2D eigenvalue weighted by Gasteiger charge is -2.12. The number of hydrogen-bond acceptors (Lipinski definition) is 5. The Morgan fingerprint density at radius 3 is 2.48 bits per heavy atom. The standard InChI is InChI=1S/C14H15N3O3S/c1-17(2)10-5-3-9(4-6-10)13(18)15-7-12-16-11(8-21-12)14(19)20/h3-6,8H,7H2,1-2H3,(H,15,18)(H,19,20). The van der Waals surface area contributed by atoms with Crippen molar-refractivity contribution in [2.75, 3.05) is 19.0 Å². The van der Waals surface area contributed by atoms with E-state index in [1.807, 2.05) is 31.1 Å². The molecule has 0 spiro atoms. The first-order valence-corrected chi connectivity index (χ1v) is 7.08. The van der Waals surface area contributed by atoms with Gasteiger partial charge in [0.1, 0.15) is 5.01 Å². The zero-order valence-corrected chi connectivity index (χ0v) is 12.5. The second kappa shape index (κ2) is 6.36. The predicted molar refractivity (Wildman–Crippen MR) is 81.0 cm³/mol. The van der Waals surface area contributed by atoms with Gasteiger partial charge in [-0.25, -0.2) is 9.78 Å². The van der Waals surface area contributed by atoms with Gasteiger partial charge >= 0.3 is 5.97 Å². The minimum atomic E-state index is -1.07. The van der Waals surface area contributed by atoms with E-state index < -0.39 is 5.97 Å². The summed E-state index contributed by atoms with van der Waals surface area (Å²) in [5.74, 6) is -1.28. The summed E-state index contributed by atoms with van der Waals surface area (Å²) in [6.07, 6.45) is 0. The van der Waals surface area contributed by atoms with Crippen LogP contribution in [0.3, 0.4) is 0 Å². The molecule has 0 aliphatic heterocycles. The molecule has 1 amide bonds. The fraction of sp³-hybridized carbons (Fsp3) is 0.214. The first kappa shape index (κ1) is 15.0. The van der Waals surface area contributed by atoms with Crippen LogP contribution in [0.5, 0.6) is 0 Å². The van der Waals surface area contributed by atoms with Gasteiger partial charge in [-0.2, -0.15) is 0 Å². The van der Waals surface area contributed by atoms with E-state index >= 15 is 0 Å². The summed E-state index contributed by atoms with van der Waals surface area (Å²) in [6.45, 7) is 0.214. The lowest BCUT2D eigenvalue weighted by molar-refractivity contribution is 0.0691. The van der Waals surface area contributed by atoms with Crippen molar-refractivity contribution in [2.45, 2.75) is 6.54 Å². The van der Waals surface area contributed by atoms with Crippen molar-refractivity contribution in [1.29, 1.82) is 0 Å². The third kappa shape index (κ3) is 3.79. The highest BCUT2D eigenvalue weighted by molar-refractivity contribution is 7.09. The number of thiazole rings is 1. The van der Waals surface area contributed by atoms with E-state index in [9.17, 15) is 9.59 Å². The second-order valence-electron chi connectivity index (χ2n) is 4.56. The summed E-state index contributed by atoms with van der Waals surface area (Å²) in [7, 11) is 3.86. The summed E-state index contributed by atoms with van der Waals surface area (Å²) < 4.78 is 0. The molecule has 110 valence electrons. The molecule has 6 nitrogen and oxygen atoms in total. The average molecular weight is 305 g/mol. The van der Waals surface area contributed by atoms with Gasteiger partial charge in [0.25, 0.3) is 5.91 Å². The molecular weight excluding hydrogens is 290 g/mol. The molecule has 0 radical (unpaired) electrons. The molecule has 0 aliphatic rings. The summed E-state index contributed by atoms with van der Waals surface area (Å²) in [5.41, 5.74) is 1.56. The summed E-state index contributed by atoms with van der Waals surface area (Å²) in [4.78, 5) is 28.5. The Hall–Kier alpha value is -2.41. The van der Waals surface area contributed by atoms with Gasteiger partial charge in [0.2, 0.25) is 0 Å². The molecule has 21 heavy (non-hydrogen) atoms. The van der Waals surface area contributed by atoms with E-state index in [4.69, 9.17) is 5.11 Å². The maximum Gasteiger partial charge on any atom is 0.355 e. The molecule has 0 aliphatic carbocycles. The van der Waals surface area contributed by atoms with Crippen LogP contribution in [0.15, 0.2) is 29.6 Å². The Balaban J connectivity index is 1.96. The summed E-state index contributed by atoms with van der Waals surface area (Å²) in [6, 6.07) is 7.21. The van der Waals surface area contributed by atoms with Gasteiger partial charge < -0.3 is 15.3 Å². The van der Waals surface area contributed by atoms with Crippen LogP contribution in [0.1, 0.15) is 25.9 Å². The molecule has 0 unspecified atom stereocenters. The first-order valence-electron chi connectivity index (χ1n) is 6.20. The van der Waals surface area contributed by atoms with Gasteiger partial charge in [-0.05, 0) is 24.3 Å². The molecule has 2 rings (SSSR count). The van der Waals surface area contributed by atoms with Gasteiger partial charge in [-0.1, -0.05) is 0 Å². The lowest BCUT2D eigenvalue weighted by atomic mass is 10.2. The van der Waals surface area contributed by atoms with Crippen molar-refractivity contribution in [3.63, 3.8) is 0 Å². The van der Waals surface area contributed by atoms with Gasteiger partial charge in [0, 0.05) is 30.7 Å². The zero-order chi connectivity index (χ0) is 15.4. The van der Waals surface area contributed by atoms with E-state index in [1.165, 1.54) is 16.7 Å². The van der Waals surface area contributed by atoms with Crippen molar-refractivity contribution < 1.29 is 14.7 Å². The molecular formula is C14H15N3O3S. The number of amides is 1. The fourth-order valence-corrected chi connectivity index (χ4v) is 2.37. The molecule has 0 saturated heterocycles. The molecule has 0 saturated carbocycles. The number of carbonyl (C=O) groups excluding carboxylic acids is 1. The Morgan fingerprint density at radius 1 is 1.29 bits per heavy atom. The number of aromatic carboxylic acids is 1. The predicted octanol–water partition coefficient (Wildman–Crippen LogP) is 1.84. The van der Waals surface area contributed by atoms with Crippen LogP contribution in [-0.4, -0.2) is 36.1 Å². The molecule has 0 fully saturated rings. The number of carboxylic acids is 1. The van der Waals surface area contributed by atoms with Crippen molar-refractivity contribution in [1.82, 2.24) is 10.3 Å². The number of carbonyl (C=O) groups is 2. The Kier molecular flexibility index (Phi) is 4.54. The number of aromatic nitrogens is 1. The SMILES string of the molecule is CN(C)c1ccc(C(=O)NCc2nc(C(=O)O)cs2)cc1. The molecule has 7 heteroatoms. The smallest absolute Gasteiger partial charge is 0.355 e. The molecule has 2 N–H and O–H groups in total. The third-order valence-corrected chi connectivity index (χ3v) is 3.67. The maximum atomic E-state index is 12.0. The summed E-state index contributed by atoms with van der Waals surface area (Å²) in [5, 5.41) is 13.5. The number of rotatable bonds is 5. The van der Waals surface area contributed by atoms with Crippen molar-refractivity contribution in [3.05, 3.63) is 45.9 Å². The minimum Gasteiger partial charge on any atom is -0.476 e. The number of anilines is 1. The second-order valence-corrected chi connectivity index (χ2v) is 5.50. The van der Waals surface area contributed by atoms with Crippen LogP contribution in [0.4, 0.5) is 5.69 Å². The Bertz CT molecular complexity index is 650. The van der Waals surface area contributed by atoms with E-state index in [1.54, 1.807) is 12.1 Å². The van der Waals surface area contributed by atoms with E-state index in [0.717, 1.165) is 5.69 Å². The normalized spacial score (nSPS) is 10.2. The van der Waals surface area contributed by atoms with E-state index in [-0.39, 0.29) is 18.1 Å². The lowest BCUT2D eigenvalue weighted by Crippen LogP contribution is -2.22. The van der Waals surface area contributed by atoms with Crippen molar-refractivity contribution in [2.24, 2.45) is 0 Å². The number of benzene rings is 1. The number of nitrogens with zero attached hydrogens (tertiary/aromatic N) is 2. The van der Waals surface area contributed by atoms with Crippen LogP contribution in [0.2, 0.25) is 0 Å². The Morgan fingerprint density at radius 2 is 1.95 bits per heavy atom. The van der Waals surface area contributed by atoms with Gasteiger partial charge in [0.15, 0.2) is 5.69 Å². The Labute approximate surface area is 126 Å².